The first-order valence-corrected chi connectivity index (χ1v) is 23.3. The zero-order valence-corrected chi connectivity index (χ0v) is 37.8. The van der Waals surface area contributed by atoms with Gasteiger partial charge in [-0.15, -0.1) is 0 Å². The van der Waals surface area contributed by atoms with E-state index in [9.17, 15) is 39.5 Å². The molecule has 0 amide bonds. The average molecular weight is 891 g/mol. The number of hydrogen-bond donors (Lipinski definition) is 6. The molecule has 1 unspecified atom stereocenters. The van der Waals surface area contributed by atoms with Crippen molar-refractivity contribution in [2.24, 2.45) is 0 Å². The van der Waals surface area contributed by atoms with Crippen LogP contribution in [0, 0.1) is 0 Å². The van der Waals surface area contributed by atoms with Gasteiger partial charge in [-0.1, -0.05) is 148 Å². The number of aliphatic hydroxyl groups excluding tert-OH is 5. The normalized spacial score (nSPS) is 16.5. The van der Waals surface area contributed by atoms with Crippen LogP contribution in [0.2, 0.25) is 0 Å². The highest BCUT2D eigenvalue weighted by Crippen LogP contribution is 2.43. The van der Waals surface area contributed by atoms with E-state index in [0.717, 1.165) is 32.1 Å². The first-order chi connectivity index (χ1) is 29.9. The van der Waals surface area contributed by atoms with Crippen molar-refractivity contribution >= 4 is 19.8 Å². The molecule has 0 aromatic carbocycles. The Morgan fingerprint density at radius 2 is 1.18 bits per heavy atom. The predicted molar refractivity (Wildman–Crippen MR) is 246 cm³/mol. The van der Waals surface area contributed by atoms with Gasteiger partial charge < -0.3 is 39.9 Å². The number of hydrogen-bond acceptors (Lipinski definition) is 12. The van der Waals surface area contributed by atoms with Crippen LogP contribution in [0.1, 0.15) is 110 Å². The molecule has 0 aliphatic carbocycles. The van der Waals surface area contributed by atoms with Gasteiger partial charge in [0.05, 0.1) is 38.1 Å². The molecule has 0 aliphatic heterocycles. The predicted octanol–water partition coefficient (Wildman–Crippen LogP) is 8.46. The number of ether oxygens (including phenoxy) is 2. The molecule has 0 aromatic heterocycles. The molecule has 0 saturated heterocycles. The van der Waals surface area contributed by atoms with Crippen LogP contribution in [0.3, 0.4) is 0 Å². The molecule has 0 rings (SSSR count). The van der Waals surface area contributed by atoms with Gasteiger partial charge in [0.2, 0.25) is 0 Å². The standard InChI is InChI=1S/C48H75O13P/c1-3-5-7-8-9-10-11-12-13-14-15-16-17-18-19-20-21-26-30-36-47(54)58-40-44(41-60-62(56,57)59-39-43(51)38-49)61-48(55)37-31-35-46(53)45(52)34-29-25-23-22-24-28-33-42(50)32-27-6-4-2/h6,9-10,12-13,15-16,18-19,21-29,33-34,42-46,49-53H,3-5,7-8,11,14,17,20,30-32,35-41H2,1-2H3,(H,56,57)/b10-9-,13-12-,16-15-,19-18-,24-22+,25-23-,26-21-,27-6-,33-28+,34-29-/t42-,43-,44+,45+,46+/m0/s1. The van der Waals surface area contributed by atoms with Gasteiger partial charge in [0.15, 0.2) is 6.10 Å². The lowest BCUT2D eigenvalue weighted by Crippen LogP contribution is -2.30. The summed E-state index contributed by atoms with van der Waals surface area (Å²) in [7, 11) is -4.74. The van der Waals surface area contributed by atoms with Crippen LogP contribution in [0.4, 0.5) is 0 Å². The maximum atomic E-state index is 12.6. The number of carbonyl (C=O) groups is 2. The minimum absolute atomic E-state index is 0.0359. The van der Waals surface area contributed by atoms with E-state index in [4.69, 9.17) is 19.1 Å². The van der Waals surface area contributed by atoms with Crippen molar-refractivity contribution in [3.8, 4) is 0 Å². The largest absolute Gasteiger partial charge is 0.472 e. The van der Waals surface area contributed by atoms with E-state index in [1.165, 1.54) is 25.3 Å². The van der Waals surface area contributed by atoms with Gasteiger partial charge in [0.1, 0.15) is 12.7 Å². The summed E-state index contributed by atoms with van der Waals surface area (Å²) in [5.74, 6) is -1.37. The first-order valence-electron chi connectivity index (χ1n) is 21.8. The topological polar surface area (TPSA) is 210 Å². The van der Waals surface area contributed by atoms with Crippen molar-refractivity contribution in [2.75, 3.05) is 26.4 Å². The number of rotatable bonds is 38. The number of phosphoric acid groups is 1. The van der Waals surface area contributed by atoms with E-state index in [2.05, 4.69) is 54.0 Å². The summed E-state index contributed by atoms with van der Waals surface area (Å²) in [4.78, 5) is 35.0. The molecular formula is C48H75O13P. The summed E-state index contributed by atoms with van der Waals surface area (Å²) in [6, 6.07) is 0. The third kappa shape index (κ3) is 39.1. The van der Waals surface area contributed by atoms with Crippen LogP contribution in [0.25, 0.3) is 0 Å². The molecule has 13 nitrogen and oxygen atoms in total. The van der Waals surface area contributed by atoms with Crippen LogP contribution in [0.5, 0.6) is 0 Å². The number of aliphatic hydroxyl groups is 5. The second kappa shape index (κ2) is 41.3. The Bertz CT molecular complexity index is 1490. The van der Waals surface area contributed by atoms with Gasteiger partial charge in [-0.25, -0.2) is 4.57 Å². The third-order valence-electron chi connectivity index (χ3n) is 8.46. The van der Waals surface area contributed by atoms with Crippen molar-refractivity contribution in [2.45, 2.75) is 141 Å². The Hall–Kier alpha value is -3.75. The van der Waals surface area contributed by atoms with E-state index in [-0.39, 0.29) is 25.7 Å². The molecule has 62 heavy (non-hydrogen) atoms. The molecule has 6 atom stereocenters. The minimum Gasteiger partial charge on any atom is -0.462 e. The Balaban J connectivity index is 4.76. The summed E-state index contributed by atoms with van der Waals surface area (Å²) < 4.78 is 32.4. The van der Waals surface area contributed by atoms with E-state index >= 15 is 0 Å². The number of allylic oxidation sites excluding steroid dienone is 17. The molecule has 14 heteroatoms. The minimum atomic E-state index is -4.74. The van der Waals surface area contributed by atoms with Crippen LogP contribution < -0.4 is 0 Å². The Morgan fingerprint density at radius 3 is 1.77 bits per heavy atom. The van der Waals surface area contributed by atoms with Crippen molar-refractivity contribution in [3.05, 3.63) is 122 Å². The summed E-state index contributed by atoms with van der Waals surface area (Å²) in [5, 5.41) is 48.8. The fourth-order valence-corrected chi connectivity index (χ4v) is 5.75. The van der Waals surface area contributed by atoms with Crippen LogP contribution in [0.15, 0.2) is 122 Å². The van der Waals surface area contributed by atoms with Crippen molar-refractivity contribution < 1.29 is 63.1 Å². The zero-order valence-electron chi connectivity index (χ0n) is 36.9. The summed E-state index contributed by atoms with van der Waals surface area (Å²) in [6.07, 6.45) is 42.6. The van der Waals surface area contributed by atoms with E-state index < -0.39 is 76.7 Å². The zero-order chi connectivity index (χ0) is 45.9. The van der Waals surface area contributed by atoms with Crippen molar-refractivity contribution in [3.63, 3.8) is 0 Å². The van der Waals surface area contributed by atoms with Crippen LogP contribution in [-0.4, -0.2) is 99.3 Å². The van der Waals surface area contributed by atoms with Crippen LogP contribution >= 0.6 is 7.82 Å². The molecule has 0 heterocycles. The molecule has 0 fully saturated rings. The Labute approximate surface area is 370 Å². The summed E-state index contributed by atoms with van der Waals surface area (Å²) in [6.45, 7) is 1.64. The van der Waals surface area contributed by atoms with Gasteiger partial charge in [0.25, 0.3) is 0 Å². The molecule has 0 radical (unpaired) electrons. The Morgan fingerprint density at radius 1 is 0.613 bits per heavy atom. The van der Waals surface area contributed by atoms with Crippen molar-refractivity contribution in [1.29, 1.82) is 0 Å². The highest BCUT2D eigenvalue weighted by Gasteiger charge is 2.27. The lowest BCUT2D eigenvalue weighted by Gasteiger charge is -2.20. The van der Waals surface area contributed by atoms with Gasteiger partial charge in [-0.3, -0.25) is 18.6 Å². The molecule has 0 bridgehead atoms. The second-order valence-corrected chi connectivity index (χ2v) is 15.7. The lowest BCUT2D eigenvalue weighted by atomic mass is 10.1. The fraction of sp³-hybridized carbons (Fsp3) is 0.542. The molecule has 0 aromatic rings. The number of phosphoric ester groups is 1. The smallest absolute Gasteiger partial charge is 0.462 e. The summed E-state index contributed by atoms with van der Waals surface area (Å²) >= 11 is 0. The molecule has 0 aliphatic rings. The second-order valence-electron chi connectivity index (χ2n) is 14.2. The molecule has 0 saturated carbocycles. The van der Waals surface area contributed by atoms with E-state index in [0.29, 0.717) is 19.3 Å². The van der Waals surface area contributed by atoms with Gasteiger partial charge in [0, 0.05) is 12.8 Å². The molecule has 0 spiro atoms. The summed E-state index contributed by atoms with van der Waals surface area (Å²) in [5.41, 5.74) is 0. The highest BCUT2D eigenvalue weighted by molar-refractivity contribution is 7.47. The fourth-order valence-electron chi connectivity index (χ4n) is 4.96. The first kappa shape index (κ1) is 58.2. The maximum Gasteiger partial charge on any atom is 0.472 e. The average Bonchev–Trinajstić information content (AvgIpc) is 3.25. The number of esters is 2. The van der Waals surface area contributed by atoms with Crippen LogP contribution in [-0.2, 0) is 32.7 Å². The quantitative estimate of drug-likeness (QED) is 0.0113. The number of carbonyl (C=O) groups excluding carboxylic acids is 2. The van der Waals surface area contributed by atoms with E-state index in [1.54, 1.807) is 42.5 Å². The van der Waals surface area contributed by atoms with Gasteiger partial charge in [-0.2, -0.15) is 0 Å². The van der Waals surface area contributed by atoms with Gasteiger partial charge in [-0.05, 0) is 70.6 Å². The lowest BCUT2D eigenvalue weighted by molar-refractivity contribution is -0.161. The molecule has 350 valence electrons. The Kier molecular flexibility index (Phi) is 38.8. The molecule has 6 N–H and O–H groups in total. The number of unbranched alkanes of at least 4 members (excludes halogenated alkanes) is 3. The monoisotopic (exact) mass is 890 g/mol. The maximum absolute atomic E-state index is 12.6. The van der Waals surface area contributed by atoms with Crippen molar-refractivity contribution in [1.82, 2.24) is 0 Å². The van der Waals surface area contributed by atoms with Gasteiger partial charge >= 0.3 is 19.8 Å². The SMILES string of the molecule is CC/C=C\C[C@H](O)/C=C/C=C/C=C\C=C/[C@@H](O)[C@H](O)CCCC(=O)O[C@H](COC(=O)CC/C=C\C/C=C\C/C=C\C/C=C\C/C=C\CCCCC)COP(=O)(O)OC[C@@H](O)CO. The third-order valence-corrected chi connectivity index (χ3v) is 9.41. The highest BCUT2D eigenvalue weighted by atomic mass is 31.2. The molecular weight excluding hydrogens is 815 g/mol. The van der Waals surface area contributed by atoms with E-state index in [1.807, 2.05) is 37.3 Å².